The molecule has 0 saturated carbocycles. The molecule has 1 saturated heterocycles. The molecule has 0 radical (unpaired) electrons. The highest BCUT2D eigenvalue weighted by molar-refractivity contribution is 7.13. The molecule has 1 fully saturated rings. The van der Waals surface area contributed by atoms with Crippen LogP contribution in [0.3, 0.4) is 0 Å². The van der Waals surface area contributed by atoms with E-state index in [1.165, 1.54) is 21.8 Å². The molecule has 5 heterocycles. The van der Waals surface area contributed by atoms with Crippen LogP contribution in [0.1, 0.15) is 33.8 Å². The van der Waals surface area contributed by atoms with Crippen molar-refractivity contribution in [2.24, 2.45) is 0 Å². The molecule has 27 heavy (non-hydrogen) atoms. The van der Waals surface area contributed by atoms with E-state index in [-0.39, 0.29) is 11.5 Å². The second-order valence-electron chi connectivity index (χ2n) is 6.75. The summed E-state index contributed by atoms with van der Waals surface area (Å²) in [5, 5.41) is 4.62. The van der Waals surface area contributed by atoms with Gasteiger partial charge in [-0.3, -0.25) is 4.79 Å². The van der Waals surface area contributed by atoms with E-state index < -0.39 is 0 Å². The standard InChI is InChI=1S/C19H18N4O2S2/c24-18(14-12-27-17(22-14)16-20-6-1-7-21-16)23-8-4-19(5-9-23)13-3-11-26-15(13)2-10-25-19/h1,3,6-7,11-12H,2,4-5,8-10H2. The molecule has 0 bridgehead atoms. The van der Waals surface area contributed by atoms with Gasteiger partial charge in [-0.2, -0.15) is 0 Å². The Kier molecular flexibility index (Phi) is 4.26. The zero-order chi connectivity index (χ0) is 18.3. The number of hydrogen-bond acceptors (Lipinski definition) is 7. The first-order valence-corrected chi connectivity index (χ1v) is 10.7. The highest BCUT2D eigenvalue weighted by Crippen LogP contribution is 2.43. The van der Waals surface area contributed by atoms with E-state index in [0.717, 1.165) is 25.9 Å². The summed E-state index contributed by atoms with van der Waals surface area (Å²) in [6, 6.07) is 3.96. The maximum atomic E-state index is 12.9. The molecule has 6 nitrogen and oxygen atoms in total. The summed E-state index contributed by atoms with van der Waals surface area (Å²) in [5.74, 6) is 0.532. The molecule has 0 N–H and O–H groups in total. The van der Waals surface area contributed by atoms with E-state index in [0.29, 0.717) is 29.6 Å². The summed E-state index contributed by atoms with van der Waals surface area (Å²) in [5.41, 5.74) is 1.59. The number of thiazole rings is 1. The average molecular weight is 399 g/mol. The quantitative estimate of drug-likeness (QED) is 0.662. The van der Waals surface area contributed by atoms with Gasteiger partial charge in [0.25, 0.3) is 5.91 Å². The van der Waals surface area contributed by atoms with Gasteiger partial charge >= 0.3 is 0 Å². The van der Waals surface area contributed by atoms with Gasteiger partial charge < -0.3 is 9.64 Å². The van der Waals surface area contributed by atoms with Crippen molar-refractivity contribution < 1.29 is 9.53 Å². The van der Waals surface area contributed by atoms with Crippen molar-refractivity contribution in [3.8, 4) is 10.8 Å². The highest BCUT2D eigenvalue weighted by atomic mass is 32.1. The number of likely N-dealkylation sites (tertiary alicyclic amines) is 1. The van der Waals surface area contributed by atoms with Gasteiger partial charge in [0.05, 0.1) is 12.2 Å². The van der Waals surface area contributed by atoms with E-state index in [4.69, 9.17) is 4.74 Å². The van der Waals surface area contributed by atoms with Crippen LogP contribution >= 0.6 is 22.7 Å². The summed E-state index contributed by atoms with van der Waals surface area (Å²) in [4.78, 5) is 29.1. The monoisotopic (exact) mass is 398 g/mol. The van der Waals surface area contributed by atoms with E-state index in [1.54, 1.807) is 23.8 Å². The van der Waals surface area contributed by atoms with Crippen molar-refractivity contribution in [3.63, 3.8) is 0 Å². The molecule has 1 amide bonds. The van der Waals surface area contributed by atoms with Crippen molar-refractivity contribution in [3.05, 3.63) is 51.4 Å². The number of carbonyl (C=O) groups excluding carboxylic acids is 1. The number of carbonyl (C=O) groups is 1. The van der Waals surface area contributed by atoms with Crippen LogP contribution in [0.4, 0.5) is 0 Å². The highest BCUT2D eigenvalue weighted by Gasteiger charge is 2.42. The molecule has 0 atom stereocenters. The predicted octanol–water partition coefficient (Wildman–Crippen LogP) is 3.37. The second kappa shape index (κ2) is 6.78. The number of fused-ring (bicyclic) bond motifs is 2. The third kappa shape index (κ3) is 2.97. The summed E-state index contributed by atoms with van der Waals surface area (Å²) in [6.45, 7) is 2.14. The molecule has 8 heteroatoms. The van der Waals surface area contributed by atoms with Crippen LogP contribution in [0, 0.1) is 0 Å². The largest absolute Gasteiger partial charge is 0.370 e. The maximum Gasteiger partial charge on any atom is 0.273 e. The van der Waals surface area contributed by atoms with Crippen LogP contribution < -0.4 is 0 Å². The SMILES string of the molecule is O=C(c1csc(-c2ncccn2)n1)N1CCC2(CC1)OCCc1sccc12. The van der Waals surface area contributed by atoms with E-state index in [1.807, 2.05) is 16.2 Å². The first-order chi connectivity index (χ1) is 13.3. The fourth-order valence-electron chi connectivity index (χ4n) is 3.89. The van der Waals surface area contributed by atoms with Gasteiger partial charge in [-0.25, -0.2) is 15.0 Å². The minimum absolute atomic E-state index is 0.0235. The molecule has 2 aliphatic heterocycles. The molecule has 3 aromatic rings. The van der Waals surface area contributed by atoms with Gasteiger partial charge in [0.2, 0.25) is 0 Å². The van der Waals surface area contributed by atoms with Crippen LogP contribution in [-0.2, 0) is 16.8 Å². The molecule has 2 aliphatic rings. The lowest BCUT2D eigenvalue weighted by Crippen LogP contribution is -2.48. The lowest BCUT2D eigenvalue weighted by Gasteiger charge is -2.43. The third-order valence-electron chi connectivity index (χ3n) is 5.28. The molecule has 3 aromatic heterocycles. The minimum Gasteiger partial charge on any atom is -0.370 e. The Morgan fingerprint density at radius 3 is 2.81 bits per heavy atom. The third-order valence-corrected chi connectivity index (χ3v) is 7.10. The minimum atomic E-state index is -0.213. The Morgan fingerprint density at radius 1 is 1.19 bits per heavy atom. The van der Waals surface area contributed by atoms with Crippen molar-refractivity contribution in [1.82, 2.24) is 19.9 Å². The molecule has 138 valence electrons. The van der Waals surface area contributed by atoms with Gasteiger partial charge in [-0.05, 0) is 35.9 Å². The van der Waals surface area contributed by atoms with Crippen molar-refractivity contribution in [2.45, 2.75) is 24.9 Å². The summed E-state index contributed by atoms with van der Waals surface area (Å²) >= 11 is 3.22. The number of piperidine rings is 1. The van der Waals surface area contributed by atoms with Gasteiger partial charge in [0.15, 0.2) is 10.8 Å². The topological polar surface area (TPSA) is 68.2 Å². The Labute approximate surface area is 164 Å². The average Bonchev–Trinajstić information content (AvgIpc) is 3.39. The first-order valence-electron chi connectivity index (χ1n) is 8.98. The molecular formula is C19H18N4O2S2. The Balaban J connectivity index is 1.31. The van der Waals surface area contributed by atoms with Crippen LogP contribution in [0.5, 0.6) is 0 Å². The van der Waals surface area contributed by atoms with Gasteiger partial charge in [0.1, 0.15) is 5.69 Å². The molecule has 0 aliphatic carbocycles. The number of aromatic nitrogens is 3. The van der Waals surface area contributed by atoms with E-state index in [2.05, 4.69) is 26.4 Å². The molecular weight excluding hydrogens is 380 g/mol. The van der Waals surface area contributed by atoms with Crippen molar-refractivity contribution in [2.75, 3.05) is 19.7 Å². The second-order valence-corrected chi connectivity index (χ2v) is 8.61. The van der Waals surface area contributed by atoms with E-state index in [9.17, 15) is 4.79 Å². The van der Waals surface area contributed by atoms with Crippen LogP contribution in [-0.4, -0.2) is 45.5 Å². The number of nitrogens with zero attached hydrogens (tertiary/aromatic N) is 4. The smallest absolute Gasteiger partial charge is 0.273 e. The molecule has 0 unspecified atom stereocenters. The Morgan fingerprint density at radius 2 is 2.00 bits per heavy atom. The Hall–Kier alpha value is -2.16. The summed E-state index contributed by atoms with van der Waals surface area (Å²) in [7, 11) is 0. The number of rotatable bonds is 2. The van der Waals surface area contributed by atoms with Crippen molar-refractivity contribution in [1.29, 1.82) is 0 Å². The molecule has 1 spiro atoms. The van der Waals surface area contributed by atoms with Crippen LogP contribution in [0.15, 0.2) is 35.3 Å². The Bertz CT molecular complexity index is 961. The zero-order valence-electron chi connectivity index (χ0n) is 14.6. The zero-order valence-corrected chi connectivity index (χ0v) is 16.3. The fraction of sp³-hybridized carbons (Fsp3) is 0.368. The van der Waals surface area contributed by atoms with Crippen molar-refractivity contribution >= 4 is 28.6 Å². The number of hydrogen-bond donors (Lipinski definition) is 0. The summed E-state index contributed by atoms with van der Waals surface area (Å²) < 4.78 is 6.23. The first kappa shape index (κ1) is 17.0. The predicted molar refractivity (Wildman–Crippen MR) is 104 cm³/mol. The van der Waals surface area contributed by atoms with Crippen LogP contribution in [0.2, 0.25) is 0 Å². The van der Waals surface area contributed by atoms with Gasteiger partial charge in [0, 0.05) is 42.2 Å². The summed E-state index contributed by atoms with van der Waals surface area (Å²) in [6.07, 6.45) is 6.03. The van der Waals surface area contributed by atoms with Gasteiger partial charge in [-0.1, -0.05) is 0 Å². The normalized spacial score (nSPS) is 18.4. The van der Waals surface area contributed by atoms with Gasteiger partial charge in [-0.15, -0.1) is 22.7 Å². The lowest BCUT2D eigenvalue weighted by atomic mass is 9.82. The maximum absolute atomic E-state index is 12.9. The lowest BCUT2D eigenvalue weighted by molar-refractivity contribution is -0.0926. The number of ether oxygens (including phenoxy) is 1. The number of thiophene rings is 1. The fourth-order valence-corrected chi connectivity index (χ4v) is 5.58. The van der Waals surface area contributed by atoms with Crippen LogP contribution in [0.25, 0.3) is 10.8 Å². The molecule has 5 rings (SSSR count). The molecule has 0 aromatic carbocycles. The number of amides is 1. The van der Waals surface area contributed by atoms with E-state index >= 15 is 0 Å².